The van der Waals surface area contributed by atoms with Gasteiger partial charge in [0, 0.05) is 24.1 Å². The number of imidazole rings is 1. The number of aromatic amines is 1. The lowest BCUT2D eigenvalue weighted by Crippen LogP contribution is -2.35. The Labute approximate surface area is 257 Å². The van der Waals surface area contributed by atoms with Crippen LogP contribution >= 0.6 is 11.6 Å². The summed E-state index contributed by atoms with van der Waals surface area (Å²) in [7, 11) is 0. The Hall–Kier alpha value is -4.13. The molecule has 1 N–H and O–H groups in total. The molecule has 3 aliphatic rings. The van der Waals surface area contributed by atoms with Crippen LogP contribution in [0.4, 0.5) is 4.39 Å². The van der Waals surface area contributed by atoms with E-state index in [0.29, 0.717) is 45.8 Å². The number of aromatic nitrogens is 7. The van der Waals surface area contributed by atoms with Gasteiger partial charge in [-0.1, -0.05) is 23.7 Å². The number of piperidine rings is 1. The number of ether oxygens (including phenoxy) is 3. The van der Waals surface area contributed by atoms with Crippen molar-refractivity contribution in [2.45, 2.75) is 57.1 Å². The van der Waals surface area contributed by atoms with E-state index in [9.17, 15) is 4.39 Å². The van der Waals surface area contributed by atoms with E-state index >= 15 is 0 Å². The SMILES string of the molecule is CC1(c2ccc(Cl)cc2F)Oc2cccc(C3CCN(Cc4nc5nc(-c6nnn[nH]6)ccc5n4C[C@@H]4CCO4)CC3)c2O1. The molecule has 226 valence electrons. The minimum atomic E-state index is -1.27. The first-order chi connectivity index (χ1) is 21.4. The fourth-order valence-electron chi connectivity index (χ4n) is 6.45. The van der Waals surface area contributed by atoms with Crippen LogP contribution in [-0.2, 0) is 23.6 Å². The van der Waals surface area contributed by atoms with Crippen LogP contribution in [0.15, 0.2) is 48.5 Å². The van der Waals surface area contributed by atoms with Crippen LogP contribution in [0.25, 0.3) is 22.7 Å². The summed E-state index contributed by atoms with van der Waals surface area (Å²) in [6, 6.07) is 14.4. The molecule has 2 fully saturated rings. The van der Waals surface area contributed by atoms with E-state index in [1.165, 1.54) is 6.07 Å². The zero-order chi connectivity index (χ0) is 29.8. The van der Waals surface area contributed by atoms with E-state index in [0.717, 1.165) is 62.4 Å². The van der Waals surface area contributed by atoms with E-state index in [4.69, 9.17) is 35.8 Å². The Balaban J connectivity index is 0.999. The van der Waals surface area contributed by atoms with Crippen LogP contribution in [0.1, 0.15) is 49.1 Å². The van der Waals surface area contributed by atoms with Gasteiger partial charge in [0.15, 0.2) is 23.0 Å². The number of H-pyrrole nitrogens is 1. The second-order valence-electron chi connectivity index (χ2n) is 11.7. The maximum Gasteiger partial charge on any atom is 0.278 e. The van der Waals surface area contributed by atoms with Gasteiger partial charge in [-0.25, -0.2) is 19.5 Å². The Morgan fingerprint density at radius 1 is 1.07 bits per heavy atom. The Bertz CT molecular complexity index is 1840. The normalized spacial score (nSPS) is 22.0. The van der Waals surface area contributed by atoms with Gasteiger partial charge in [-0.05, 0) is 85.1 Å². The molecule has 44 heavy (non-hydrogen) atoms. The molecule has 8 rings (SSSR count). The number of fused-ring (bicyclic) bond motifs is 2. The quantitative estimate of drug-likeness (QED) is 0.263. The highest BCUT2D eigenvalue weighted by Crippen LogP contribution is 2.50. The van der Waals surface area contributed by atoms with E-state index < -0.39 is 11.6 Å². The number of halogens is 2. The summed E-state index contributed by atoms with van der Waals surface area (Å²) in [4.78, 5) is 12.2. The van der Waals surface area contributed by atoms with Gasteiger partial charge < -0.3 is 18.8 Å². The Morgan fingerprint density at radius 3 is 2.68 bits per heavy atom. The summed E-state index contributed by atoms with van der Waals surface area (Å²) in [6.45, 7) is 5.77. The Morgan fingerprint density at radius 2 is 1.93 bits per heavy atom. The molecule has 13 heteroatoms. The fourth-order valence-corrected chi connectivity index (χ4v) is 6.61. The second-order valence-corrected chi connectivity index (χ2v) is 12.1. The third-order valence-electron chi connectivity index (χ3n) is 8.88. The summed E-state index contributed by atoms with van der Waals surface area (Å²) < 4.78 is 35.4. The molecule has 0 amide bonds. The summed E-state index contributed by atoms with van der Waals surface area (Å²) in [6.07, 6.45) is 3.11. The number of benzene rings is 2. The smallest absolute Gasteiger partial charge is 0.278 e. The van der Waals surface area contributed by atoms with Gasteiger partial charge in [0.2, 0.25) is 0 Å². The number of hydrogen-bond acceptors (Lipinski definition) is 9. The molecule has 1 unspecified atom stereocenters. The van der Waals surface area contributed by atoms with Crippen LogP contribution in [0.3, 0.4) is 0 Å². The molecule has 11 nitrogen and oxygen atoms in total. The van der Waals surface area contributed by atoms with Crippen molar-refractivity contribution in [3.63, 3.8) is 0 Å². The van der Waals surface area contributed by atoms with Crippen LogP contribution in [-0.4, -0.2) is 65.9 Å². The average Bonchev–Trinajstić information content (AvgIpc) is 3.72. The van der Waals surface area contributed by atoms with Gasteiger partial charge in [-0.2, -0.15) is 0 Å². The van der Waals surface area contributed by atoms with Gasteiger partial charge in [-0.15, -0.1) is 5.10 Å². The number of pyridine rings is 1. The standard InChI is InChI=1S/C31H30ClFN8O3/c1-31(22-6-5-19(32)15-23(22)33)43-26-4-2-3-21(28(26)44-31)18-9-12-40(13-10-18)17-27-35-30-25(41(27)16-20-11-14-42-20)8-7-24(34-30)29-36-38-39-37-29/h2-8,15,18,20H,9-14,16-17H2,1H3,(H,36,37,38,39)/t20-,31?/m0/s1. The highest BCUT2D eigenvalue weighted by atomic mass is 35.5. The van der Waals surface area contributed by atoms with Crippen molar-refractivity contribution in [1.82, 2.24) is 40.1 Å². The third-order valence-corrected chi connectivity index (χ3v) is 9.12. The lowest BCUT2D eigenvalue weighted by atomic mass is 9.88. The molecule has 5 aromatic rings. The monoisotopic (exact) mass is 616 g/mol. The zero-order valence-electron chi connectivity index (χ0n) is 24.0. The second kappa shape index (κ2) is 10.8. The molecule has 2 saturated heterocycles. The van der Waals surface area contributed by atoms with Crippen molar-refractivity contribution in [3.8, 4) is 23.0 Å². The molecular weight excluding hydrogens is 587 g/mol. The van der Waals surface area contributed by atoms with Gasteiger partial charge >= 0.3 is 0 Å². The first-order valence-electron chi connectivity index (χ1n) is 14.8. The number of likely N-dealkylation sites (tertiary alicyclic amines) is 1. The highest BCUT2D eigenvalue weighted by Gasteiger charge is 2.43. The van der Waals surface area contributed by atoms with Crippen molar-refractivity contribution in [2.75, 3.05) is 19.7 Å². The molecule has 0 saturated carbocycles. The molecule has 0 bridgehead atoms. The number of rotatable bonds is 7. The number of nitrogens with zero attached hydrogens (tertiary/aromatic N) is 7. The molecule has 0 spiro atoms. The zero-order valence-corrected chi connectivity index (χ0v) is 24.8. The molecule has 0 radical (unpaired) electrons. The van der Waals surface area contributed by atoms with Crippen molar-refractivity contribution in [3.05, 3.63) is 76.3 Å². The predicted octanol–water partition coefficient (Wildman–Crippen LogP) is 5.22. The predicted molar refractivity (Wildman–Crippen MR) is 159 cm³/mol. The lowest BCUT2D eigenvalue weighted by molar-refractivity contribution is -0.0712. The first-order valence-corrected chi connectivity index (χ1v) is 15.2. The number of hydrogen-bond donors (Lipinski definition) is 1. The number of nitrogens with one attached hydrogen (secondary N) is 1. The molecule has 0 aliphatic carbocycles. The van der Waals surface area contributed by atoms with E-state index in [2.05, 4.69) is 36.2 Å². The molecule has 6 heterocycles. The Kier molecular flexibility index (Phi) is 6.73. The highest BCUT2D eigenvalue weighted by molar-refractivity contribution is 6.30. The summed E-state index contributed by atoms with van der Waals surface area (Å²) in [5.74, 6) is 1.34. The maximum atomic E-state index is 14.8. The molecular formula is C31H30ClFN8O3. The molecule has 2 aromatic carbocycles. The third kappa shape index (κ3) is 4.86. The topological polar surface area (TPSA) is 116 Å². The van der Waals surface area contributed by atoms with Gasteiger partial charge in [0.25, 0.3) is 5.79 Å². The van der Waals surface area contributed by atoms with E-state index in [-0.39, 0.29) is 12.0 Å². The van der Waals surface area contributed by atoms with Gasteiger partial charge in [-0.3, -0.25) is 4.90 Å². The van der Waals surface area contributed by atoms with Crippen LogP contribution in [0.2, 0.25) is 5.02 Å². The minimum Gasteiger partial charge on any atom is -0.444 e. The number of para-hydroxylation sites is 1. The van der Waals surface area contributed by atoms with Crippen molar-refractivity contribution < 1.29 is 18.6 Å². The van der Waals surface area contributed by atoms with Crippen LogP contribution in [0.5, 0.6) is 11.5 Å². The van der Waals surface area contributed by atoms with Crippen molar-refractivity contribution >= 4 is 22.8 Å². The largest absolute Gasteiger partial charge is 0.444 e. The molecule has 3 aromatic heterocycles. The number of tetrazole rings is 1. The summed E-state index contributed by atoms with van der Waals surface area (Å²) in [5, 5.41) is 14.4. The lowest BCUT2D eigenvalue weighted by Gasteiger charge is -2.33. The van der Waals surface area contributed by atoms with Gasteiger partial charge in [0.05, 0.1) is 30.3 Å². The van der Waals surface area contributed by atoms with E-state index in [1.807, 2.05) is 24.3 Å². The maximum absolute atomic E-state index is 14.8. The summed E-state index contributed by atoms with van der Waals surface area (Å²) in [5.41, 5.74) is 3.69. The van der Waals surface area contributed by atoms with Crippen LogP contribution < -0.4 is 9.47 Å². The van der Waals surface area contributed by atoms with Crippen LogP contribution in [0, 0.1) is 5.82 Å². The minimum absolute atomic E-state index is 0.185. The first kappa shape index (κ1) is 27.4. The van der Waals surface area contributed by atoms with Gasteiger partial charge in [0.1, 0.15) is 17.3 Å². The van der Waals surface area contributed by atoms with E-state index in [1.54, 1.807) is 19.1 Å². The average molecular weight is 617 g/mol. The molecule has 3 aliphatic heterocycles. The van der Waals surface area contributed by atoms with Crippen molar-refractivity contribution in [2.24, 2.45) is 0 Å². The van der Waals surface area contributed by atoms with Crippen molar-refractivity contribution in [1.29, 1.82) is 0 Å². The summed E-state index contributed by atoms with van der Waals surface area (Å²) >= 11 is 5.99. The molecule has 2 atom stereocenters. The fraction of sp³-hybridized carbons (Fsp3) is 0.387.